The lowest BCUT2D eigenvalue weighted by Gasteiger charge is -2.16. The smallest absolute Gasteiger partial charge is 0.251 e. The highest BCUT2D eigenvalue weighted by Gasteiger charge is 2.39. The van der Waals surface area contributed by atoms with E-state index in [-0.39, 0.29) is 24.3 Å². The summed E-state index contributed by atoms with van der Waals surface area (Å²) >= 11 is 0. The van der Waals surface area contributed by atoms with Gasteiger partial charge in [-0.25, -0.2) is 4.90 Å². The van der Waals surface area contributed by atoms with Crippen LogP contribution in [0, 0.1) is 0 Å². The number of carbonyl (C=O) groups is 2. The molecule has 0 unspecified atom stereocenters. The summed E-state index contributed by atoms with van der Waals surface area (Å²) in [5, 5.41) is 3.17. The van der Waals surface area contributed by atoms with Crippen molar-refractivity contribution in [2.45, 2.75) is 31.4 Å². The molecule has 5 heteroatoms. The molecular weight excluding hydrogens is 256 g/mol. The number of rotatable bonds is 4. The first-order chi connectivity index (χ1) is 9.75. The minimum absolute atomic E-state index is 0.147. The van der Waals surface area contributed by atoms with Crippen LogP contribution in [-0.2, 0) is 14.3 Å². The number of benzene rings is 1. The third-order valence-electron chi connectivity index (χ3n) is 3.78. The second-order valence-corrected chi connectivity index (χ2v) is 5.20. The number of amides is 2. The summed E-state index contributed by atoms with van der Waals surface area (Å²) in [5.74, 6) is -0.315. The molecule has 3 rings (SSSR count). The average Bonchev–Trinajstić information content (AvgIpc) is 3.06. The molecule has 0 aromatic heterocycles. The zero-order chi connectivity index (χ0) is 13.9. The maximum absolute atomic E-state index is 12.3. The Hall–Kier alpha value is -1.72. The van der Waals surface area contributed by atoms with E-state index in [4.69, 9.17) is 4.74 Å². The van der Waals surface area contributed by atoms with Gasteiger partial charge in [0.25, 0.3) is 5.91 Å². The second-order valence-electron chi connectivity index (χ2n) is 5.20. The standard InChI is InChI=1S/C15H18N2O3/c18-14-9-13(16-10-12-7-4-8-20-12)15(19)17(14)11-5-2-1-3-6-11/h1-3,5-6,12-13,16H,4,7-10H2/t12-,13-/m0/s1. The first-order valence-electron chi connectivity index (χ1n) is 7.02. The zero-order valence-electron chi connectivity index (χ0n) is 11.2. The fourth-order valence-electron chi connectivity index (χ4n) is 2.72. The fourth-order valence-corrected chi connectivity index (χ4v) is 2.72. The van der Waals surface area contributed by atoms with Gasteiger partial charge in [0, 0.05) is 13.2 Å². The van der Waals surface area contributed by atoms with Crippen LogP contribution in [0.3, 0.4) is 0 Å². The van der Waals surface area contributed by atoms with Crippen molar-refractivity contribution in [3.05, 3.63) is 30.3 Å². The van der Waals surface area contributed by atoms with E-state index in [1.54, 1.807) is 12.1 Å². The van der Waals surface area contributed by atoms with Crippen molar-refractivity contribution in [3.8, 4) is 0 Å². The Kier molecular flexibility index (Phi) is 3.80. The Bertz CT molecular complexity index is 497. The number of anilines is 1. The van der Waals surface area contributed by atoms with Gasteiger partial charge in [0.15, 0.2) is 0 Å². The number of carbonyl (C=O) groups excluding carboxylic acids is 2. The second kappa shape index (κ2) is 5.73. The van der Waals surface area contributed by atoms with Crippen LogP contribution >= 0.6 is 0 Å². The van der Waals surface area contributed by atoms with Gasteiger partial charge >= 0.3 is 0 Å². The topological polar surface area (TPSA) is 58.6 Å². The van der Waals surface area contributed by atoms with Crippen LogP contribution < -0.4 is 10.2 Å². The van der Waals surface area contributed by atoms with Crippen LogP contribution in [0.25, 0.3) is 0 Å². The minimum atomic E-state index is -0.424. The van der Waals surface area contributed by atoms with Crippen molar-refractivity contribution in [2.24, 2.45) is 0 Å². The summed E-state index contributed by atoms with van der Waals surface area (Å²) in [5.41, 5.74) is 0.643. The van der Waals surface area contributed by atoms with Crippen LogP contribution in [0.5, 0.6) is 0 Å². The summed E-state index contributed by atoms with van der Waals surface area (Å²) in [7, 11) is 0. The lowest BCUT2D eigenvalue weighted by Crippen LogP contribution is -2.41. The highest BCUT2D eigenvalue weighted by Crippen LogP contribution is 2.22. The van der Waals surface area contributed by atoms with Gasteiger partial charge in [0.1, 0.15) is 0 Å². The largest absolute Gasteiger partial charge is 0.377 e. The molecule has 2 amide bonds. The highest BCUT2D eigenvalue weighted by molar-refractivity contribution is 6.22. The molecular formula is C15H18N2O3. The Labute approximate surface area is 117 Å². The molecule has 1 N–H and O–H groups in total. The normalized spacial score (nSPS) is 26.5. The number of nitrogens with one attached hydrogen (secondary N) is 1. The third-order valence-corrected chi connectivity index (χ3v) is 3.78. The maximum atomic E-state index is 12.3. The Morgan fingerprint density at radius 3 is 2.75 bits per heavy atom. The molecule has 5 nitrogen and oxygen atoms in total. The SMILES string of the molecule is O=C1C[C@H](NC[C@@H]2CCCO2)C(=O)N1c1ccccc1. The zero-order valence-corrected chi connectivity index (χ0v) is 11.2. The van der Waals surface area contributed by atoms with E-state index in [1.807, 2.05) is 18.2 Å². The van der Waals surface area contributed by atoms with Crippen molar-refractivity contribution in [1.82, 2.24) is 5.32 Å². The number of nitrogens with zero attached hydrogens (tertiary/aromatic N) is 1. The predicted molar refractivity (Wildman–Crippen MR) is 74.3 cm³/mol. The summed E-state index contributed by atoms with van der Waals surface area (Å²) in [6.07, 6.45) is 2.48. The maximum Gasteiger partial charge on any atom is 0.251 e. The molecule has 106 valence electrons. The summed E-state index contributed by atoms with van der Waals surface area (Å²) < 4.78 is 5.51. The summed E-state index contributed by atoms with van der Waals surface area (Å²) in [6.45, 7) is 1.42. The van der Waals surface area contributed by atoms with E-state index in [2.05, 4.69) is 5.32 Å². The van der Waals surface area contributed by atoms with E-state index < -0.39 is 6.04 Å². The van der Waals surface area contributed by atoms with Gasteiger partial charge < -0.3 is 10.1 Å². The van der Waals surface area contributed by atoms with E-state index in [9.17, 15) is 9.59 Å². The molecule has 2 aliphatic rings. The molecule has 0 radical (unpaired) electrons. The Morgan fingerprint density at radius 2 is 2.05 bits per heavy atom. The Morgan fingerprint density at radius 1 is 1.25 bits per heavy atom. The monoisotopic (exact) mass is 274 g/mol. The van der Waals surface area contributed by atoms with E-state index >= 15 is 0 Å². The van der Waals surface area contributed by atoms with Crippen molar-refractivity contribution in [2.75, 3.05) is 18.1 Å². The van der Waals surface area contributed by atoms with E-state index in [0.717, 1.165) is 19.4 Å². The van der Waals surface area contributed by atoms with Crippen LogP contribution in [-0.4, -0.2) is 37.1 Å². The molecule has 0 saturated carbocycles. The summed E-state index contributed by atoms with van der Waals surface area (Å²) in [6, 6.07) is 8.64. The van der Waals surface area contributed by atoms with Gasteiger partial charge in [-0.05, 0) is 25.0 Å². The molecule has 1 aromatic carbocycles. The molecule has 20 heavy (non-hydrogen) atoms. The van der Waals surface area contributed by atoms with Gasteiger partial charge in [-0.3, -0.25) is 9.59 Å². The third kappa shape index (κ3) is 2.59. The first-order valence-corrected chi connectivity index (χ1v) is 7.02. The molecule has 2 fully saturated rings. The lowest BCUT2D eigenvalue weighted by molar-refractivity contribution is -0.121. The number of imide groups is 1. The summed E-state index contributed by atoms with van der Waals surface area (Å²) in [4.78, 5) is 25.6. The molecule has 2 heterocycles. The first kappa shape index (κ1) is 13.3. The van der Waals surface area contributed by atoms with Gasteiger partial charge in [-0.2, -0.15) is 0 Å². The number of hydrogen-bond donors (Lipinski definition) is 1. The van der Waals surface area contributed by atoms with Crippen LogP contribution in [0.2, 0.25) is 0 Å². The molecule has 2 atom stereocenters. The van der Waals surface area contributed by atoms with Crippen LogP contribution in [0.4, 0.5) is 5.69 Å². The van der Waals surface area contributed by atoms with Gasteiger partial charge in [-0.1, -0.05) is 18.2 Å². The van der Waals surface area contributed by atoms with Gasteiger partial charge in [0.2, 0.25) is 5.91 Å². The van der Waals surface area contributed by atoms with Crippen molar-refractivity contribution < 1.29 is 14.3 Å². The molecule has 2 aliphatic heterocycles. The van der Waals surface area contributed by atoms with Crippen LogP contribution in [0.1, 0.15) is 19.3 Å². The molecule has 1 aromatic rings. The Balaban J connectivity index is 1.64. The molecule has 0 spiro atoms. The number of para-hydroxylation sites is 1. The highest BCUT2D eigenvalue weighted by atomic mass is 16.5. The number of hydrogen-bond acceptors (Lipinski definition) is 4. The quantitative estimate of drug-likeness (QED) is 0.835. The molecule has 0 bridgehead atoms. The van der Waals surface area contributed by atoms with Crippen molar-refractivity contribution >= 4 is 17.5 Å². The number of ether oxygens (including phenoxy) is 1. The van der Waals surface area contributed by atoms with Crippen LogP contribution in [0.15, 0.2) is 30.3 Å². The minimum Gasteiger partial charge on any atom is -0.377 e. The fraction of sp³-hybridized carbons (Fsp3) is 0.467. The molecule has 0 aliphatic carbocycles. The molecule has 2 saturated heterocycles. The van der Waals surface area contributed by atoms with E-state index in [0.29, 0.717) is 12.2 Å². The predicted octanol–water partition coefficient (Wildman–Crippen LogP) is 1.09. The van der Waals surface area contributed by atoms with Gasteiger partial charge in [0.05, 0.1) is 24.3 Å². The average molecular weight is 274 g/mol. The van der Waals surface area contributed by atoms with Crippen molar-refractivity contribution in [3.63, 3.8) is 0 Å². The lowest BCUT2D eigenvalue weighted by atomic mass is 10.2. The van der Waals surface area contributed by atoms with Gasteiger partial charge in [-0.15, -0.1) is 0 Å². The van der Waals surface area contributed by atoms with E-state index in [1.165, 1.54) is 4.90 Å². The van der Waals surface area contributed by atoms with Crippen molar-refractivity contribution in [1.29, 1.82) is 0 Å².